The van der Waals surface area contributed by atoms with E-state index in [1.54, 1.807) is 14.1 Å². The summed E-state index contributed by atoms with van der Waals surface area (Å²) in [5.74, 6) is -0.163. The average Bonchev–Trinajstić information content (AvgIpc) is 3.07. The maximum absolute atomic E-state index is 12.4. The number of carbonyl (C=O) groups excluding carboxylic acids is 1. The van der Waals surface area contributed by atoms with Gasteiger partial charge in [-0.25, -0.2) is 13.1 Å². The SMILES string of the molecule is CN(C)C(=O)c1ccc(S(=O)(=O)NCc2ccc3c(c2)CNC3)cc1.Cl. The lowest BCUT2D eigenvalue weighted by molar-refractivity contribution is 0.0827. The Kier molecular flexibility index (Phi) is 6.41. The number of nitrogens with zero attached hydrogens (tertiary/aromatic N) is 1. The fourth-order valence-electron chi connectivity index (χ4n) is 2.75. The van der Waals surface area contributed by atoms with Gasteiger partial charge in [0.25, 0.3) is 5.91 Å². The van der Waals surface area contributed by atoms with Gasteiger partial charge in [-0.15, -0.1) is 12.4 Å². The first-order valence-electron chi connectivity index (χ1n) is 7.99. The molecule has 0 spiro atoms. The quantitative estimate of drug-likeness (QED) is 0.810. The third kappa shape index (κ3) is 4.42. The molecule has 6 nitrogen and oxygen atoms in total. The summed E-state index contributed by atoms with van der Waals surface area (Å²) in [6, 6.07) is 11.9. The first-order valence-corrected chi connectivity index (χ1v) is 9.48. The van der Waals surface area contributed by atoms with Gasteiger partial charge >= 0.3 is 0 Å². The molecular formula is C18H22ClN3O3S. The Bertz CT molecular complexity index is 896. The van der Waals surface area contributed by atoms with Crippen molar-refractivity contribution in [1.82, 2.24) is 14.9 Å². The zero-order valence-corrected chi connectivity index (χ0v) is 16.3. The second-order valence-corrected chi connectivity index (χ2v) is 8.02. The lowest BCUT2D eigenvalue weighted by Gasteiger charge is -2.11. The van der Waals surface area contributed by atoms with Crippen molar-refractivity contribution in [2.24, 2.45) is 0 Å². The van der Waals surface area contributed by atoms with Crippen LogP contribution >= 0.6 is 12.4 Å². The van der Waals surface area contributed by atoms with Gasteiger partial charge in [-0.1, -0.05) is 18.2 Å². The highest BCUT2D eigenvalue weighted by Gasteiger charge is 2.16. The largest absolute Gasteiger partial charge is 0.345 e. The maximum atomic E-state index is 12.4. The van der Waals surface area contributed by atoms with Crippen LogP contribution in [0.4, 0.5) is 0 Å². The summed E-state index contributed by atoms with van der Waals surface area (Å²) in [6.07, 6.45) is 0. The zero-order valence-electron chi connectivity index (χ0n) is 14.7. The van der Waals surface area contributed by atoms with Crippen LogP contribution in [0.3, 0.4) is 0 Å². The monoisotopic (exact) mass is 395 g/mol. The van der Waals surface area contributed by atoms with Crippen molar-refractivity contribution in [1.29, 1.82) is 0 Å². The van der Waals surface area contributed by atoms with E-state index in [-0.39, 0.29) is 29.8 Å². The third-order valence-electron chi connectivity index (χ3n) is 4.19. The summed E-state index contributed by atoms with van der Waals surface area (Å²) in [4.78, 5) is 13.5. The molecule has 0 fully saturated rings. The Labute approximate surface area is 160 Å². The standard InChI is InChI=1S/C18H21N3O3S.ClH/c1-21(2)18(22)14-5-7-17(8-6-14)25(23,24)20-10-13-3-4-15-11-19-12-16(15)9-13;/h3-9,19-20H,10-12H2,1-2H3;1H. The molecule has 0 unspecified atom stereocenters. The Morgan fingerprint density at radius 1 is 1.08 bits per heavy atom. The molecule has 1 aliphatic heterocycles. The molecule has 0 radical (unpaired) electrons. The van der Waals surface area contributed by atoms with Crippen molar-refractivity contribution in [2.45, 2.75) is 24.5 Å². The van der Waals surface area contributed by atoms with Gasteiger partial charge in [0.05, 0.1) is 4.90 Å². The average molecular weight is 396 g/mol. The van der Waals surface area contributed by atoms with Crippen molar-refractivity contribution < 1.29 is 13.2 Å². The molecule has 2 N–H and O–H groups in total. The van der Waals surface area contributed by atoms with Crippen LogP contribution in [0.5, 0.6) is 0 Å². The van der Waals surface area contributed by atoms with Crippen molar-refractivity contribution in [2.75, 3.05) is 14.1 Å². The Morgan fingerprint density at radius 2 is 1.73 bits per heavy atom. The van der Waals surface area contributed by atoms with Gasteiger partial charge in [0.2, 0.25) is 10.0 Å². The van der Waals surface area contributed by atoms with E-state index in [4.69, 9.17) is 0 Å². The summed E-state index contributed by atoms with van der Waals surface area (Å²) in [5, 5.41) is 3.27. The molecule has 3 rings (SSSR count). The minimum Gasteiger partial charge on any atom is -0.345 e. The Balaban J connectivity index is 0.00000243. The number of halogens is 1. The number of rotatable bonds is 5. The lowest BCUT2D eigenvalue weighted by Crippen LogP contribution is -2.24. The van der Waals surface area contributed by atoms with E-state index in [2.05, 4.69) is 10.0 Å². The van der Waals surface area contributed by atoms with Crippen molar-refractivity contribution >= 4 is 28.3 Å². The molecule has 0 saturated heterocycles. The molecule has 0 saturated carbocycles. The van der Waals surface area contributed by atoms with Crippen LogP contribution in [0.25, 0.3) is 0 Å². The lowest BCUT2D eigenvalue weighted by atomic mass is 10.1. The predicted octanol–water partition coefficient (Wildman–Crippen LogP) is 1.89. The molecule has 26 heavy (non-hydrogen) atoms. The summed E-state index contributed by atoms with van der Waals surface area (Å²) in [6.45, 7) is 1.91. The van der Waals surface area contributed by atoms with E-state index < -0.39 is 10.0 Å². The van der Waals surface area contributed by atoms with E-state index in [9.17, 15) is 13.2 Å². The summed E-state index contributed by atoms with van der Waals surface area (Å²) < 4.78 is 27.5. The van der Waals surface area contributed by atoms with E-state index >= 15 is 0 Å². The van der Waals surface area contributed by atoms with E-state index in [1.165, 1.54) is 40.3 Å². The minimum absolute atomic E-state index is 0. The molecule has 0 bridgehead atoms. The first-order chi connectivity index (χ1) is 11.9. The highest BCUT2D eigenvalue weighted by atomic mass is 35.5. The van der Waals surface area contributed by atoms with Crippen molar-refractivity contribution in [3.8, 4) is 0 Å². The van der Waals surface area contributed by atoms with Gasteiger partial charge in [0.15, 0.2) is 0 Å². The Morgan fingerprint density at radius 3 is 2.38 bits per heavy atom. The normalized spacial score (nSPS) is 13.0. The second-order valence-electron chi connectivity index (χ2n) is 6.26. The number of nitrogens with one attached hydrogen (secondary N) is 2. The first kappa shape index (κ1) is 20.4. The van der Waals surface area contributed by atoms with Gasteiger partial charge in [0, 0.05) is 39.3 Å². The van der Waals surface area contributed by atoms with Crippen LogP contribution in [0.15, 0.2) is 47.4 Å². The van der Waals surface area contributed by atoms with Crippen LogP contribution in [-0.4, -0.2) is 33.3 Å². The predicted molar refractivity (Wildman–Crippen MR) is 103 cm³/mol. The number of amides is 1. The van der Waals surface area contributed by atoms with Crippen LogP contribution in [-0.2, 0) is 29.7 Å². The van der Waals surface area contributed by atoms with Crippen LogP contribution in [0.2, 0.25) is 0 Å². The van der Waals surface area contributed by atoms with Gasteiger partial charge in [-0.2, -0.15) is 0 Å². The highest BCUT2D eigenvalue weighted by Crippen LogP contribution is 2.18. The minimum atomic E-state index is -3.63. The van der Waals surface area contributed by atoms with Gasteiger partial charge in [-0.05, 0) is 41.0 Å². The number of sulfonamides is 1. The zero-order chi connectivity index (χ0) is 18.0. The van der Waals surface area contributed by atoms with Crippen LogP contribution < -0.4 is 10.0 Å². The number of carbonyl (C=O) groups is 1. The smallest absolute Gasteiger partial charge is 0.253 e. The fraction of sp³-hybridized carbons (Fsp3) is 0.278. The second kappa shape index (κ2) is 8.18. The van der Waals surface area contributed by atoms with Gasteiger partial charge < -0.3 is 10.2 Å². The molecule has 1 amide bonds. The molecular weight excluding hydrogens is 374 g/mol. The van der Waals surface area contributed by atoms with E-state index in [0.29, 0.717) is 5.56 Å². The molecule has 2 aromatic carbocycles. The fourth-order valence-corrected chi connectivity index (χ4v) is 3.77. The summed E-state index contributed by atoms with van der Waals surface area (Å²) >= 11 is 0. The highest BCUT2D eigenvalue weighted by molar-refractivity contribution is 7.89. The summed E-state index contributed by atoms with van der Waals surface area (Å²) in [7, 11) is -0.319. The van der Waals surface area contributed by atoms with Gasteiger partial charge in [0.1, 0.15) is 0 Å². The number of fused-ring (bicyclic) bond motifs is 1. The molecule has 1 aliphatic rings. The van der Waals surface area contributed by atoms with E-state index in [1.807, 2.05) is 18.2 Å². The van der Waals surface area contributed by atoms with E-state index in [0.717, 1.165) is 18.7 Å². The molecule has 0 aliphatic carbocycles. The van der Waals surface area contributed by atoms with Crippen molar-refractivity contribution in [3.63, 3.8) is 0 Å². The van der Waals surface area contributed by atoms with Gasteiger partial charge in [-0.3, -0.25) is 4.79 Å². The molecule has 0 aromatic heterocycles. The molecule has 1 heterocycles. The molecule has 140 valence electrons. The molecule has 0 atom stereocenters. The Hall–Kier alpha value is -1.93. The number of hydrogen-bond donors (Lipinski definition) is 2. The van der Waals surface area contributed by atoms with Crippen LogP contribution in [0, 0.1) is 0 Å². The number of benzene rings is 2. The third-order valence-corrected chi connectivity index (χ3v) is 5.60. The molecule has 8 heteroatoms. The maximum Gasteiger partial charge on any atom is 0.253 e. The van der Waals surface area contributed by atoms with Crippen LogP contribution in [0.1, 0.15) is 27.0 Å². The molecule has 2 aromatic rings. The summed E-state index contributed by atoms with van der Waals surface area (Å²) in [5.41, 5.74) is 3.84. The number of hydrogen-bond acceptors (Lipinski definition) is 4. The van der Waals surface area contributed by atoms with Crippen molar-refractivity contribution in [3.05, 3.63) is 64.7 Å². The topological polar surface area (TPSA) is 78.5 Å².